The molecule has 0 radical (unpaired) electrons. The van der Waals surface area contributed by atoms with Crippen molar-refractivity contribution in [1.82, 2.24) is 5.32 Å². The maximum absolute atomic E-state index is 12.1. The lowest BCUT2D eigenvalue weighted by molar-refractivity contribution is -0.107. The molecule has 2 aromatic rings. The topological polar surface area (TPSA) is 88.8 Å². The zero-order chi connectivity index (χ0) is 21.0. The van der Waals surface area contributed by atoms with Crippen LogP contribution in [-0.2, 0) is 22.4 Å². The number of carbonyl (C=O) groups excluding carboxylic acids is 2. The Labute approximate surface area is 170 Å². The fraction of sp³-hybridized carbons (Fsp3) is 0.500. The highest BCUT2D eigenvalue weighted by molar-refractivity contribution is 5.86. The van der Waals surface area contributed by atoms with Crippen molar-refractivity contribution in [1.29, 1.82) is 0 Å². The Bertz CT molecular complexity index is 958. The van der Waals surface area contributed by atoms with E-state index in [2.05, 4.69) is 16.3 Å². The van der Waals surface area contributed by atoms with Gasteiger partial charge in [0.05, 0.1) is 0 Å². The number of anilines is 1. The fourth-order valence-electron chi connectivity index (χ4n) is 3.64. The van der Waals surface area contributed by atoms with E-state index in [4.69, 9.17) is 9.15 Å². The third kappa shape index (κ3) is 5.37. The second-order valence-corrected chi connectivity index (χ2v) is 8.29. The number of aryl methyl sites for hydroxylation is 1. The summed E-state index contributed by atoms with van der Waals surface area (Å²) in [5, 5.41) is 3.61. The average molecular weight is 400 g/mol. The van der Waals surface area contributed by atoms with E-state index in [1.165, 1.54) is 11.6 Å². The summed E-state index contributed by atoms with van der Waals surface area (Å²) in [7, 11) is 0. The summed E-state index contributed by atoms with van der Waals surface area (Å²) < 4.78 is 10.7. The van der Waals surface area contributed by atoms with Gasteiger partial charge < -0.3 is 24.2 Å². The summed E-state index contributed by atoms with van der Waals surface area (Å²) in [6.45, 7) is 7.33. The second-order valence-electron chi connectivity index (χ2n) is 8.29. The van der Waals surface area contributed by atoms with E-state index < -0.39 is 17.3 Å². The third-order valence-electron chi connectivity index (χ3n) is 4.82. The Morgan fingerprint density at radius 3 is 2.83 bits per heavy atom. The number of rotatable bonds is 6. The van der Waals surface area contributed by atoms with Crippen LogP contribution in [0.15, 0.2) is 27.4 Å². The minimum Gasteiger partial charge on any atom is -0.444 e. The lowest BCUT2D eigenvalue weighted by atomic mass is 9.97. The van der Waals surface area contributed by atoms with Crippen LogP contribution in [0.4, 0.5) is 10.5 Å². The van der Waals surface area contributed by atoms with Crippen molar-refractivity contribution >= 4 is 29.0 Å². The number of ether oxygens (including phenoxy) is 1. The van der Waals surface area contributed by atoms with Gasteiger partial charge in [0.2, 0.25) is 0 Å². The maximum Gasteiger partial charge on any atom is 0.407 e. The van der Waals surface area contributed by atoms with Gasteiger partial charge in [-0.3, -0.25) is 0 Å². The van der Waals surface area contributed by atoms with Gasteiger partial charge in [0.25, 0.3) is 0 Å². The number of carbonyl (C=O) groups is 2. The van der Waals surface area contributed by atoms with E-state index in [1.807, 2.05) is 26.8 Å². The van der Waals surface area contributed by atoms with Crippen LogP contribution in [0.25, 0.3) is 11.0 Å². The summed E-state index contributed by atoms with van der Waals surface area (Å²) >= 11 is 0. The predicted molar refractivity (Wildman–Crippen MR) is 112 cm³/mol. The second kappa shape index (κ2) is 8.68. The molecule has 0 fully saturated rings. The number of benzene rings is 1. The number of alkyl carbamates (subject to hydrolysis) is 1. The Morgan fingerprint density at radius 1 is 1.31 bits per heavy atom. The summed E-state index contributed by atoms with van der Waals surface area (Å²) in [6, 6.07) is 5.46. The van der Waals surface area contributed by atoms with Gasteiger partial charge in [-0.25, -0.2) is 9.59 Å². The molecule has 0 saturated carbocycles. The molecule has 1 N–H and O–H groups in total. The van der Waals surface area contributed by atoms with Gasteiger partial charge in [-0.1, -0.05) is 0 Å². The van der Waals surface area contributed by atoms with E-state index in [0.29, 0.717) is 31.5 Å². The van der Waals surface area contributed by atoms with Gasteiger partial charge in [0.15, 0.2) is 0 Å². The number of fused-ring (bicyclic) bond motifs is 2. The Morgan fingerprint density at radius 2 is 2.10 bits per heavy atom. The molecule has 0 spiro atoms. The van der Waals surface area contributed by atoms with Gasteiger partial charge in [0.1, 0.15) is 17.5 Å². The van der Waals surface area contributed by atoms with Crippen LogP contribution in [0.5, 0.6) is 0 Å². The van der Waals surface area contributed by atoms with Crippen molar-refractivity contribution in [2.24, 2.45) is 0 Å². The van der Waals surface area contributed by atoms with E-state index in [0.717, 1.165) is 42.3 Å². The normalized spacial score (nSPS) is 13.8. The molecule has 2 heterocycles. The predicted octanol–water partition coefficient (Wildman–Crippen LogP) is 3.20. The first-order valence-electron chi connectivity index (χ1n) is 10.0. The molecule has 0 saturated heterocycles. The molecular weight excluding hydrogens is 372 g/mol. The first-order chi connectivity index (χ1) is 13.8. The van der Waals surface area contributed by atoms with Crippen LogP contribution in [-0.4, -0.2) is 37.6 Å². The minimum absolute atomic E-state index is 0.357. The molecule has 1 aliphatic rings. The first kappa shape index (κ1) is 20.9. The van der Waals surface area contributed by atoms with E-state index >= 15 is 0 Å². The van der Waals surface area contributed by atoms with Crippen LogP contribution in [0, 0.1) is 0 Å². The van der Waals surface area contributed by atoms with Crippen LogP contribution in [0.2, 0.25) is 0 Å². The quantitative estimate of drug-likeness (QED) is 0.592. The number of amides is 1. The summed E-state index contributed by atoms with van der Waals surface area (Å²) in [4.78, 5) is 36.9. The Kier molecular flexibility index (Phi) is 6.25. The number of hydrogen-bond acceptors (Lipinski definition) is 6. The summed E-state index contributed by atoms with van der Waals surface area (Å²) in [5.41, 5.74) is 2.60. The zero-order valence-corrected chi connectivity index (χ0v) is 17.2. The standard InChI is InChI=1S/C22H28N2O5/c1-22(2,3)29-21(27)23-8-7-15-13-20(26)28-19-14-18-16(12-17(15)19)6-4-9-24(18)10-5-11-25/h11-14H,4-10H2,1-3H3,(H,23,27). The van der Waals surface area contributed by atoms with Crippen molar-refractivity contribution in [2.75, 3.05) is 24.5 Å². The SMILES string of the molecule is CC(C)(C)OC(=O)NCCc1cc(=O)oc2cc3c(cc12)CCCN3CCC=O. The fourth-order valence-corrected chi connectivity index (χ4v) is 3.64. The highest BCUT2D eigenvalue weighted by Crippen LogP contribution is 2.32. The zero-order valence-electron chi connectivity index (χ0n) is 17.2. The summed E-state index contributed by atoms with van der Waals surface area (Å²) in [6.07, 6.45) is 3.37. The van der Waals surface area contributed by atoms with Gasteiger partial charge in [0, 0.05) is 49.3 Å². The average Bonchev–Trinajstić information content (AvgIpc) is 2.63. The molecule has 1 amide bonds. The number of nitrogens with zero attached hydrogens (tertiary/aromatic N) is 1. The molecule has 1 aromatic carbocycles. The van der Waals surface area contributed by atoms with Gasteiger partial charge in [-0.05, 0) is 57.2 Å². The van der Waals surface area contributed by atoms with E-state index in [1.54, 1.807) is 0 Å². The van der Waals surface area contributed by atoms with Gasteiger partial charge in [-0.15, -0.1) is 0 Å². The smallest absolute Gasteiger partial charge is 0.407 e. The molecule has 1 aliphatic heterocycles. The van der Waals surface area contributed by atoms with E-state index in [-0.39, 0.29) is 0 Å². The van der Waals surface area contributed by atoms with E-state index in [9.17, 15) is 14.4 Å². The highest BCUT2D eigenvalue weighted by atomic mass is 16.6. The lowest BCUT2D eigenvalue weighted by Crippen LogP contribution is -2.33. The Balaban J connectivity index is 1.83. The number of aldehydes is 1. The van der Waals surface area contributed by atoms with Crippen LogP contribution < -0.4 is 15.8 Å². The maximum atomic E-state index is 12.1. The first-order valence-corrected chi connectivity index (χ1v) is 10.0. The van der Waals surface area contributed by atoms with Gasteiger partial charge in [-0.2, -0.15) is 0 Å². The highest BCUT2D eigenvalue weighted by Gasteiger charge is 2.20. The molecule has 156 valence electrons. The van der Waals surface area contributed by atoms with Crippen LogP contribution in [0.3, 0.4) is 0 Å². The van der Waals surface area contributed by atoms with Crippen molar-refractivity contribution in [3.63, 3.8) is 0 Å². The largest absolute Gasteiger partial charge is 0.444 e. The molecule has 1 aromatic heterocycles. The number of hydrogen-bond donors (Lipinski definition) is 1. The minimum atomic E-state index is -0.556. The molecule has 7 heteroatoms. The van der Waals surface area contributed by atoms with Crippen molar-refractivity contribution in [2.45, 2.75) is 52.1 Å². The summed E-state index contributed by atoms with van der Waals surface area (Å²) in [5.74, 6) is 0. The lowest BCUT2D eigenvalue weighted by Gasteiger charge is -2.31. The van der Waals surface area contributed by atoms with Crippen molar-refractivity contribution < 1.29 is 18.7 Å². The van der Waals surface area contributed by atoms with Gasteiger partial charge >= 0.3 is 11.7 Å². The van der Waals surface area contributed by atoms with Crippen molar-refractivity contribution in [3.05, 3.63) is 39.7 Å². The number of nitrogens with one attached hydrogen (secondary N) is 1. The monoisotopic (exact) mass is 400 g/mol. The molecule has 29 heavy (non-hydrogen) atoms. The molecule has 0 aliphatic carbocycles. The molecule has 3 rings (SSSR count). The Hall–Kier alpha value is -2.83. The van der Waals surface area contributed by atoms with Crippen molar-refractivity contribution in [3.8, 4) is 0 Å². The molecule has 0 unspecified atom stereocenters. The molecular formula is C22H28N2O5. The molecule has 7 nitrogen and oxygen atoms in total. The van der Waals surface area contributed by atoms with Crippen LogP contribution in [0.1, 0.15) is 44.7 Å². The third-order valence-corrected chi connectivity index (χ3v) is 4.82. The molecule has 0 atom stereocenters. The molecule has 0 bridgehead atoms. The van der Waals surface area contributed by atoms with Crippen LogP contribution >= 0.6 is 0 Å².